The molecule has 4 N–H and O–H groups in total. The summed E-state index contributed by atoms with van der Waals surface area (Å²) >= 11 is 0. The number of fused-ring (bicyclic) bond motifs is 2. The first-order chi connectivity index (χ1) is 17.1. The smallest absolute Gasteiger partial charge is 0.261 e. The molecule has 0 bridgehead atoms. The van der Waals surface area contributed by atoms with E-state index in [1.54, 1.807) is 15.8 Å². The van der Waals surface area contributed by atoms with Crippen LogP contribution in [0.15, 0.2) is 24.4 Å². The molecule has 0 saturated carbocycles. The Kier molecular flexibility index (Phi) is 6.49. The van der Waals surface area contributed by atoms with Crippen LogP contribution in [0, 0.1) is 5.92 Å². The summed E-state index contributed by atoms with van der Waals surface area (Å²) in [5.74, 6) is -0.517. The van der Waals surface area contributed by atoms with E-state index < -0.39 is 13.9 Å². The molecule has 1 aromatic carbocycles. The number of rotatable bonds is 7. The van der Waals surface area contributed by atoms with E-state index in [0.717, 1.165) is 11.3 Å². The number of carbonyl (C=O) groups is 2. The maximum atomic E-state index is 13.5. The summed E-state index contributed by atoms with van der Waals surface area (Å²) in [5, 5.41) is 23.4. The van der Waals surface area contributed by atoms with Gasteiger partial charge in [0, 0.05) is 67.3 Å². The molecule has 1 spiro atoms. The van der Waals surface area contributed by atoms with Crippen LogP contribution in [-0.2, 0) is 32.9 Å². The number of anilines is 2. The van der Waals surface area contributed by atoms with Gasteiger partial charge < -0.3 is 30.2 Å². The molecule has 2 saturated heterocycles. The highest BCUT2D eigenvalue weighted by atomic mass is 28.4. The Morgan fingerprint density at radius 3 is 2.83 bits per heavy atom. The molecule has 0 unspecified atom stereocenters. The molecule has 2 fully saturated rings. The third kappa shape index (κ3) is 4.16. The first kappa shape index (κ1) is 25.0. The lowest BCUT2D eigenvalue weighted by molar-refractivity contribution is -0.143. The molecule has 0 radical (unpaired) electrons. The van der Waals surface area contributed by atoms with E-state index >= 15 is 0 Å². The minimum atomic E-state index is -2.75. The van der Waals surface area contributed by atoms with Crippen molar-refractivity contribution in [1.82, 2.24) is 20.3 Å². The number of benzene rings is 1. The normalized spacial score (nSPS) is 28.1. The first-order valence-corrected chi connectivity index (χ1v) is 15.5. The minimum Gasteiger partial charge on any atom is -0.432 e. The van der Waals surface area contributed by atoms with Crippen LogP contribution in [0.4, 0.5) is 11.4 Å². The number of nitrogens with one attached hydrogen (secondary N) is 2. The van der Waals surface area contributed by atoms with Crippen molar-refractivity contribution < 1.29 is 24.2 Å². The Labute approximate surface area is 210 Å². The van der Waals surface area contributed by atoms with Gasteiger partial charge in [0.15, 0.2) is 13.9 Å². The number of aromatic nitrogens is 3. The zero-order chi connectivity index (χ0) is 25.7. The highest BCUT2D eigenvalue weighted by Crippen LogP contribution is 2.58. The fourth-order valence-electron chi connectivity index (χ4n) is 6.14. The topological polar surface area (TPSA) is 142 Å². The summed E-state index contributed by atoms with van der Waals surface area (Å²) in [6.45, 7) is 7.83. The van der Waals surface area contributed by atoms with E-state index in [1.807, 2.05) is 38.2 Å². The Balaban J connectivity index is 1.47. The van der Waals surface area contributed by atoms with Gasteiger partial charge in [0.25, 0.3) is 5.91 Å². The van der Waals surface area contributed by atoms with Gasteiger partial charge >= 0.3 is 0 Å². The van der Waals surface area contributed by atoms with Crippen LogP contribution < -0.4 is 15.5 Å². The van der Waals surface area contributed by atoms with E-state index in [2.05, 4.69) is 20.9 Å². The maximum absolute atomic E-state index is 13.5. The quantitative estimate of drug-likeness (QED) is 0.394. The second kappa shape index (κ2) is 9.34. The molecule has 36 heavy (non-hydrogen) atoms. The second-order valence-electron chi connectivity index (χ2n) is 10.5. The van der Waals surface area contributed by atoms with Crippen LogP contribution in [0.1, 0.15) is 24.6 Å². The number of aliphatic hydroxyl groups excluding tert-OH is 1. The van der Waals surface area contributed by atoms with Crippen molar-refractivity contribution >= 4 is 31.5 Å². The van der Waals surface area contributed by atoms with E-state index in [0.29, 0.717) is 43.9 Å². The van der Waals surface area contributed by atoms with E-state index in [4.69, 9.17) is 9.84 Å². The van der Waals surface area contributed by atoms with Crippen LogP contribution in [-0.4, -0.2) is 77.4 Å². The molecule has 12 heteroatoms. The molecule has 0 aliphatic carbocycles. The molecular formula is C24H34N6O5Si. The molecule has 3 aliphatic heterocycles. The highest BCUT2D eigenvalue weighted by Gasteiger charge is 2.64. The first-order valence-electron chi connectivity index (χ1n) is 12.5. The predicted molar refractivity (Wildman–Crippen MR) is 135 cm³/mol. The summed E-state index contributed by atoms with van der Waals surface area (Å²) in [6, 6.07) is 5.59. The minimum absolute atomic E-state index is 0.00683. The predicted octanol–water partition coefficient (Wildman–Crippen LogP) is 0.589. The fraction of sp³-hybridized carbons (Fsp3) is 0.583. The lowest BCUT2D eigenvalue weighted by atomic mass is 9.82. The Bertz CT molecular complexity index is 1170. The van der Waals surface area contributed by atoms with Crippen LogP contribution in [0.2, 0.25) is 18.6 Å². The van der Waals surface area contributed by atoms with E-state index in [9.17, 15) is 14.4 Å². The van der Waals surface area contributed by atoms with Gasteiger partial charge in [-0.05, 0) is 37.7 Å². The number of aliphatic hydroxyl groups is 1. The van der Waals surface area contributed by atoms with Gasteiger partial charge in [0.1, 0.15) is 0 Å². The van der Waals surface area contributed by atoms with Crippen molar-refractivity contribution in [3.05, 3.63) is 35.7 Å². The number of ether oxygens (including phenoxy) is 1. The van der Waals surface area contributed by atoms with Crippen LogP contribution in [0.25, 0.3) is 0 Å². The summed E-state index contributed by atoms with van der Waals surface area (Å²) in [4.78, 5) is 39.1. The van der Waals surface area contributed by atoms with E-state index in [-0.39, 0.29) is 42.5 Å². The lowest BCUT2D eigenvalue weighted by Crippen LogP contribution is -2.48. The van der Waals surface area contributed by atoms with Crippen molar-refractivity contribution in [2.75, 3.05) is 36.5 Å². The van der Waals surface area contributed by atoms with Crippen LogP contribution in [0.5, 0.6) is 0 Å². The van der Waals surface area contributed by atoms with Gasteiger partial charge in [-0.2, -0.15) is 0 Å². The largest absolute Gasteiger partial charge is 0.432 e. The molecule has 4 heterocycles. The zero-order valence-electron chi connectivity index (χ0n) is 20.9. The molecule has 194 valence electrons. The van der Waals surface area contributed by atoms with Gasteiger partial charge in [0.2, 0.25) is 5.91 Å². The molecule has 2 aromatic rings. The average molecular weight is 515 g/mol. The summed E-state index contributed by atoms with van der Waals surface area (Å²) in [5.41, 5.74) is 1.42. The van der Waals surface area contributed by atoms with Crippen LogP contribution >= 0.6 is 0 Å². The molecule has 5 rings (SSSR count). The zero-order valence-corrected chi connectivity index (χ0v) is 21.9. The number of amides is 2. The van der Waals surface area contributed by atoms with Gasteiger partial charge in [-0.15, -0.1) is 5.10 Å². The molecule has 2 amide bonds. The maximum Gasteiger partial charge on any atom is 0.261 e. The van der Waals surface area contributed by atoms with Gasteiger partial charge in [-0.1, -0.05) is 12.1 Å². The van der Waals surface area contributed by atoms with E-state index in [1.165, 1.54) is 0 Å². The number of piperazine rings is 1. The number of aryl methyl sites for hydroxylation is 1. The Morgan fingerprint density at radius 1 is 1.31 bits per heavy atom. The summed E-state index contributed by atoms with van der Waals surface area (Å²) < 4.78 is 8.40. The highest BCUT2D eigenvalue weighted by molar-refractivity contribution is 6.71. The van der Waals surface area contributed by atoms with Crippen molar-refractivity contribution in [2.45, 2.75) is 56.7 Å². The molecule has 11 nitrogen and oxygen atoms in total. The summed E-state index contributed by atoms with van der Waals surface area (Å²) in [6.07, 6.45) is 2.43. The van der Waals surface area contributed by atoms with Gasteiger partial charge in [-0.3, -0.25) is 14.3 Å². The van der Waals surface area contributed by atoms with Gasteiger partial charge in [0.05, 0.1) is 18.3 Å². The standard InChI is InChI=1S/C24H34N6O5Si/c1-15-22(36(2,3)34)20(6-9-29-14-16(7-11-31)27-28-29)35-24(15)18-12-17(4-5-19(18)26-23(24)33)30-10-8-25-13-21(30)32/h4-5,12,14-15,20,22,25,31,34H,6-11,13H2,1-3H3,(H,26,33)/t15-,20+,22-,24+/m1/s1. The third-order valence-electron chi connectivity index (χ3n) is 7.72. The third-order valence-corrected chi connectivity index (χ3v) is 10.2. The number of hydrogen-bond donors (Lipinski definition) is 4. The monoisotopic (exact) mass is 514 g/mol. The number of hydrogen-bond acceptors (Lipinski definition) is 8. The van der Waals surface area contributed by atoms with Crippen molar-refractivity contribution in [3.63, 3.8) is 0 Å². The number of carbonyl (C=O) groups excluding carboxylic acids is 2. The molecule has 1 aromatic heterocycles. The number of nitrogens with zero attached hydrogens (tertiary/aromatic N) is 4. The van der Waals surface area contributed by atoms with Crippen LogP contribution in [0.3, 0.4) is 0 Å². The molecule has 3 aliphatic rings. The fourth-order valence-corrected chi connectivity index (χ4v) is 8.74. The second-order valence-corrected chi connectivity index (χ2v) is 14.5. The Hall–Kier alpha value is -2.64. The van der Waals surface area contributed by atoms with Gasteiger partial charge in [-0.25, -0.2) is 0 Å². The average Bonchev–Trinajstić information content (AvgIpc) is 3.48. The lowest BCUT2D eigenvalue weighted by Gasteiger charge is -2.32. The van der Waals surface area contributed by atoms with Crippen molar-refractivity contribution in [2.24, 2.45) is 5.92 Å². The van der Waals surface area contributed by atoms with Crippen molar-refractivity contribution in [3.8, 4) is 0 Å². The molecular weight excluding hydrogens is 480 g/mol. The molecule has 4 atom stereocenters. The summed E-state index contributed by atoms with van der Waals surface area (Å²) in [7, 11) is -2.75. The SMILES string of the molecule is C[C@@H]1[C@@H]([Si](C)(C)O)[C@H](CCn2cc(CCO)nn2)O[C@@]12C(=O)Nc1ccc(N3CCNCC3=O)cc12. The Morgan fingerprint density at radius 2 is 2.11 bits per heavy atom. The van der Waals surface area contributed by atoms with Crippen molar-refractivity contribution in [1.29, 1.82) is 0 Å².